The fourth-order valence-electron chi connectivity index (χ4n) is 1.99. The number of hydrogen-bond donors (Lipinski definition) is 1. The SMILES string of the molecule is CN(C)C(CNc1nc(C(C)(C)C)ns1)c1cnn(C)c1. The van der Waals surface area contributed by atoms with Gasteiger partial charge in [0.1, 0.15) is 5.82 Å². The molecule has 116 valence electrons. The van der Waals surface area contributed by atoms with E-state index in [4.69, 9.17) is 0 Å². The second-order valence-corrected chi connectivity index (χ2v) is 7.23. The maximum Gasteiger partial charge on any atom is 0.202 e. The molecule has 0 radical (unpaired) electrons. The minimum absolute atomic E-state index is 0.0132. The van der Waals surface area contributed by atoms with Crippen molar-refractivity contribution in [3.05, 3.63) is 23.8 Å². The smallest absolute Gasteiger partial charge is 0.202 e. The van der Waals surface area contributed by atoms with Crippen molar-refractivity contribution in [3.63, 3.8) is 0 Å². The molecule has 7 heteroatoms. The van der Waals surface area contributed by atoms with Crippen LogP contribution in [0.15, 0.2) is 12.4 Å². The van der Waals surface area contributed by atoms with E-state index in [0.717, 1.165) is 17.5 Å². The van der Waals surface area contributed by atoms with Gasteiger partial charge >= 0.3 is 0 Å². The molecule has 21 heavy (non-hydrogen) atoms. The van der Waals surface area contributed by atoms with Crippen molar-refractivity contribution >= 4 is 16.7 Å². The number of rotatable bonds is 5. The second kappa shape index (κ2) is 6.11. The molecule has 1 N–H and O–H groups in total. The molecule has 0 fully saturated rings. The Bertz CT molecular complexity index is 580. The summed E-state index contributed by atoms with van der Waals surface area (Å²) in [5, 5.41) is 8.51. The van der Waals surface area contributed by atoms with Gasteiger partial charge in [0.25, 0.3) is 0 Å². The summed E-state index contributed by atoms with van der Waals surface area (Å²) in [6.45, 7) is 7.14. The van der Waals surface area contributed by atoms with Crippen molar-refractivity contribution in [1.82, 2.24) is 24.0 Å². The third kappa shape index (κ3) is 4.01. The number of aryl methyl sites for hydroxylation is 1. The van der Waals surface area contributed by atoms with E-state index < -0.39 is 0 Å². The maximum absolute atomic E-state index is 4.57. The van der Waals surface area contributed by atoms with Crippen LogP contribution >= 0.6 is 11.5 Å². The highest BCUT2D eigenvalue weighted by Crippen LogP contribution is 2.24. The van der Waals surface area contributed by atoms with Crippen molar-refractivity contribution in [2.45, 2.75) is 32.2 Å². The summed E-state index contributed by atoms with van der Waals surface area (Å²) in [4.78, 5) is 6.74. The van der Waals surface area contributed by atoms with Crippen LogP contribution in [0.4, 0.5) is 5.13 Å². The third-order valence-electron chi connectivity index (χ3n) is 3.28. The van der Waals surface area contributed by atoms with Gasteiger partial charge in [-0.1, -0.05) is 20.8 Å². The highest BCUT2D eigenvalue weighted by Gasteiger charge is 2.21. The highest BCUT2D eigenvalue weighted by atomic mass is 32.1. The van der Waals surface area contributed by atoms with Crippen molar-refractivity contribution < 1.29 is 0 Å². The maximum atomic E-state index is 4.57. The minimum atomic E-state index is -0.0132. The van der Waals surface area contributed by atoms with Crippen LogP contribution in [0.2, 0.25) is 0 Å². The van der Waals surface area contributed by atoms with Gasteiger partial charge in [0.15, 0.2) is 0 Å². The number of nitrogens with one attached hydrogen (secondary N) is 1. The summed E-state index contributed by atoms with van der Waals surface area (Å²) in [6, 6.07) is 0.251. The van der Waals surface area contributed by atoms with Gasteiger partial charge in [-0.05, 0) is 14.1 Å². The molecule has 0 amide bonds. The number of anilines is 1. The molecule has 0 spiro atoms. The molecule has 2 rings (SSSR count). The Balaban J connectivity index is 2.04. The predicted octanol–water partition coefficient (Wildman–Crippen LogP) is 2.28. The first-order chi connectivity index (χ1) is 9.77. The van der Waals surface area contributed by atoms with E-state index in [1.165, 1.54) is 17.1 Å². The molecular formula is C14H24N6S. The van der Waals surface area contributed by atoms with Crippen LogP contribution in [0.3, 0.4) is 0 Å². The van der Waals surface area contributed by atoms with Crippen LogP contribution < -0.4 is 5.32 Å². The zero-order valence-corrected chi connectivity index (χ0v) is 14.4. The first-order valence-electron chi connectivity index (χ1n) is 7.00. The van der Waals surface area contributed by atoms with Gasteiger partial charge in [0.2, 0.25) is 5.13 Å². The summed E-state index contributed by atoms with van der Waals surface area (Å²) >= 11 is 1.42. The lowest BCUT2D eigenvalue weighted by molar-refractivity contribution is 0.311. The van der Waals surface area contributed by atoms with Crippen molar-refractivity contribution in [1.29, 1.82) is 0 Å². The standard InChI is InChI=1S/C14H24N6S/c1-14(2,3)12-17-13(21-18-12)15-8-11(19(4)5)10-7-16-20(6)9-10/h7,9,11H,8H2,1-6H3,(H,15,17,18). The lowest BCUT2D eigenvalue weighted by Gasteiger charge is -2.23. The zero-order valence-electron chi connectivity index (χ0n) is 13.6. The molecule has 1 atom stereocenters. The predicted molar refractivity (Wildman–Crippen MR) is 86.7 cm³/mol. The fraction of sp³-hybridized carbons (Fsp3) is 0.643. The van der Waals surface area contributed by atoms with Crippen LogP contribution in [0.5, 0.6) is 0 Å². The van der Waals surface area contributed by atoms with Crippen LogP contribution in [-0.4, -0.2) is 44.7 Å². The van der Waals surface area contributed by atoms with Crippen LogP contribution in [0.1, 0.15) is 38.2 Å². The average molecular weight is 308 g/mol. The van der Waals surface area contributed by atoms with E-state index in [1.54, 1.807) is 0 Å². The molecule has 0 aromatic carbocycles. The Morgan fingerprint density at radius 3 is 2.57 bits per heavy atom. The molecule has 6 nitrogen and oxygen atoms in total. The Kier molecular flexibility index (Phi) is 4.63. The molecule has 1 unspecified atom stereocenters. The van der Waals surface area contributed by atoms with E-state index >= 15 is 0 Å². The van der Waals surface area contributed by atoms with Gasteiger partial charge in [-0.2, -0.15) is 9.47 Å². The normalized spacial score (nSPS) is 13.7. The van der Waals surface area contributed by atoms with Crippen molar-refractivity contribution in [2.75, 3.05) is 26.0 Å². The first-order valence-corrected chi connectivity index (χ1v) is 7.77. The summed E-state index contributed by atoms with van der Waals surface area (Å²) in [5.41, 5.74) is 1.18. The van der Waals surface area contributed by atoms with E-state index in [9.17, 15) is 0 Å². The van der Waals surface area contributed by atoms with Crippen molar-refractivity contribution in [3.8, 4) is 0 Å². The van der Waals surface area contributed by atoms with Gasteiger partial charge in [0, 0.05) is 42.3 Å². The number of hydrogen-bond acceptors (Lipinski definition) is 6. The van der Waals surface area contributed by atoms with Gasteiger partial charge < -0.3 is 10.2 Å². The number of likely N-dealkylation sites (N-methyl/N-ethyl adjacent to an activating group) is 1. The minimum Gasteiger partial charge on any atom is -0.358 e. The molecule has 0 bridgehead atoms. The molecule has 0 aliphatic carbocycles. The average Bonchev–Trinajstić information content (AvgIpc) is 2.98. The summed E-state index contributed by atoms with van der Waals surface area (Å²) in [6.07, 6.45) is 3.96. The highest BCUT2D eigenvalue weighted by molar-refractivity contribution is 7.09. The number of aromatic nitrogens is 4. The largest absolute Gasteiger partial charge is 0.358 e. The Morgan fingerprint density at radius 2 is 2.10 bits per heavy atom. The summed E-state index contributed by atoms with van der Waals surface area (Å²) in [5.74, 6) is 0.887. The lowest BCUT2D eigenvalue weighted by Crippen LogP contribution is -2.26. The van der Waals surface area contributed by atoms with E-state index in [-0.39, 0.29) is 11.5 Å². The summed E-state index contributed by atoms with van der Waals surface area (Å²) in [7, 11) is 6.07. The van der Waals surface area contributed by atoms with Gasteiger partial charge in [-0.15, -0.1) is 0 Å². The Hall–Kier alpha value is -1.47. The third-order valence-corrected chi connectivity index (χ3v) is 3.95. The first kappa shape index (κ1) is 15.9. The molecule has 0 aliphatic heterocycles. The molecule has 2 aromatic heterocycles. The second-order valence-electron chi connectivity index (χ2n) is 6.48. The van der Waals surface area contributed by atoms with Gasteiger partial charge in [0.05, 0.1) is 12.2 Å². The van der Waals surface area contributed by atoms with Crippen LogP contribution in [-0.2, 0) is 12.5 Å². The molecular weight excluding hydrogens is 284 g/mol. The van der Waals surface area contributed by atoms with Gasteiger partial charge in [-0.3, -0.25) is 4.68 Å². The molecule has 0 aliphatic rings. The fourth-order valence-corrected chi connectivity index (χ4v) is 2.76. The van der Waals surface area contributed by atoms with E-state index in [2.05, 4.69) is 59.5 Å². The topological polar surface area (TPSA) is 58.9 Å². The number of nitrogens with zero attached hydrogens (tertiary/aromatic N) is 5. The molecule has 0 saturated carbocycles. The molecule has 2 heterocycles. The lowest BCUT2D eigenvalue weighted by atomic mass is 9.96. The Morgan fingerprint density at radius 1 is 1.38 bits per heavy atom. The quantitative estimate of drug-likeness (QED) is 0.918. The van der Waals surface area contributed by atoms with E-state index in [0.29, 0.717) is 0 Å². The molecule has 0 saturated heterocycles. The van der Waals surface area contributed by atoms with Crippen LogP contribution in [0, 0.1) is 0 Å². The monoisotopic (exact) mass is 308 g/mol. The molecule has 2 aromatic rings. The zero-order chi connectivity index (χ0) is 15.6. The Labute approximate surface area is 130 Å². The van der Waals surface area contributed by atoms with Crippen LogP contribution in [0.25, 0.3) is 0 Å². The van der Waals surface area contributed by atoms with E-state index in [1.807, 2.05) is 24.1 Å². The van der Waals surface area contributed by atoms with Gasteiger partial charge in [-0.25, -0.2) is 4.98 Å². The van der Waals surface area contributed by atoms with Crippen molar-refractivity contribution in [2.24, 2.45) is 7.05 Å². The summed E-state index contributed by atoms with van der Waals surface area (Å²) < 4.78 is 6.25.